The third kappa shape index (κ3) is 6.46. The van der Waals surface area contributed by atoms with Crippen LogP contribution in [0.4, 0.5) is 0 Å². The molecule has 1 aromatic heterocycles. The topological polar surface area (TPSA) is 64.1 Å². The number of hydrogen-bond acceptors (Lipinski definition) is 5. The summed E-state index contributed by atoms with van der Waals surface area (Å²) in [7, 11) is 4.86. The van der Waals surface area contributed by atoms with Crippen LogP contribution < -0.4 is 24.8 Å². The molecule has 6 nitrogen and oxygen atoms in total. The monoisotopic (exact) mass is 505 g/mol. The van der Waals surface area contributed by atoms with Gasteiger partial charge in [-0.1, -0.05) is 0 Å². The molecule has 2 N–H and O–H groups in total. The Morgan fingerprint density at radius 2 is 1.70 bits per heavy atom. The molecule has 2 aromatic rings. The van der Waals surface area contributed by atoms with E-state index in [1.807, 2.05) is 19.1 Å². The number of rotatable bonds is 8. The molecule has 0 bridgehead atoms. The number of nitrogens with zero attached hydrogens (tertiary/aromatic N) is 1. The van der Waals surface area contributed by atoms with Crippen LogP contribution in [0.5, 0.6) is 17.2 Å². The Morgan fingerprint density at radius 3 is 2.26 bits per heavy atom. The highest BCUT2D eigenvalue weighted by Crippen LogP contribution is 2.34. The molecule has 0 amide bonds. The number of hydrogen-bond donors (Lipinski definition) is 2. The minimum Gasteiger partial charge on any atom is -0.496 e. The van der Waals surface area contributed by atoms with Crippen LogP contribution in [0.25, 0.3) is 0 Å². The minimum atomic E-state index is 0. The number of aliphatic imine (C=N–C) groups is 1. The van der Waals surface area contributed by atoms with Gasteiger partial charge in [0.25, 0.3) is 0 Å². The van der Waals surface area contributed by atoms with E-state index >= 15 is 0 Å². The fourth-order valence-corrected chi connectivity index (χ4v) is 3.32. The zero-order valence-corrected chi connectivity index (χ0v) is 19.6. The van der Waals surface area contributed by atoms with Crippen molar-refractivity contribution in [1.29, 1.82) is 0 Å². The van der Waals surface area contributed by atoms with E-state index in [9.17, 15) is 0 Å². The number of aryl methyl sites for hydroxylation is 1. The number of benzene rings is 1. The third-order valence-corrected chi connectivity index (χ3v) is 4.95. The van der Waals surface area contributed by atoms with Gasteiger partial charge in [-0.25, -0.2) is 4.99 Å². The van der Waals surface area contributed by atoms with E-state index in [0.717, 1.165) is 30.4 Å². The Bertz CT molecular complexity index is 750. The highest BCUT2D eigenvalue weighted by atomic mass is 127. The smallest absolute Gasteiger partial charge is 0.191 e. The summed E-state index contributed by atoms with van der Waals surface area (Å²) in [6.07, 6.45) is 0. The molecule has 1 heterocycles. The van der Waals surface area contributed by atoms with Gasteiger partial charge in [-0.05, 0) is 36.9 Å². The lowest BCUT2D eigenvalue weighted by molar-refractivity contribution is 0.347. The van der Waals surface area contributed by atoms with E-state index in [0.29, 0.717) is 18.0 Å². The first-order chi connectivity index (χ1) is 12.6. The van der Waals surface area contributed by atoms with Crippen molar-refractivity contribution in [1.82, 2.24) is 10.6 Å². The normalized spacial score (nSPS) is 10.8. The molecule has 0 unspecified atom stereocenters. The predicted molar refractivity (Wildman–Crippen MR) is 122 cm³/mol. The molecule has 150 valence electrons. The molecule has 0 saturated carbocycles. The Labute approximate surface area is 182 Å². The Hall–Kier alpha value is -1.68. The van der Waals surface area contributed by atoms with Gasteiger partial charge in [0.1, 0.15) is 5.75 Å². The van der Waals surface area contributed by atoms with Crippen LogP contribution >= 0.6 is 35.3 Å². The fourth-order valence-electron chi connectivity index (χ4n) is 2.47. The van der Waals surface area contributed by atoms with E-state index in [-0.39, 0.29) is 24.0 Å². The summed E-state index contributed by atoms with van der Waals surface area (Å²) in [4.78, 5) is 5.98. The summed E-state index contributed by atoms with van der Waals surface area (Å²) < 4.78 is 16.2. The third-order valence-electron chi connectivity index (χ3n) is 3.92. The molecule has 0 spiro atoms. The molecular formula is C19H28IN3O3S. The van der Waals surface area contributed by atoms with Crippen LogP contribution in [-0.2, 0) is 13.1 Å². The molecule has 0 aliphatic carbocycles. The standard InChI is InChI=1S/C19H27N3O3S.HI/c1-6-20-19(22-12-18-13(2)7-8-26-18)21-11-14-9-16(24-4)17(25-5)10-15(14)23-3;/h7-10H,6,11-12H2,1-5H3,(H2,20,21,22);1H. The van der Waals surface area contributed by atoms with E-state index in [1.165, 1.54) is 10.4 Å². The van der Waals surface area contributed by atoms with Crippen LogP contribution in [0.2, 0.25) is 0 Å². The summed E-state index contributed by atoms with van der Waals surface area (Å²) in [6.45, 7) is 6.16. The Morgan fingerprint density at radius 1 is 1.04 bits per heavy atom. The van der Waals surface area contributed by atoms with Crippen molar-refractivity contribution in [3.63, 3.8) is 0 Å². The average Bonchev–Trinajstić information content (AvgIpc) is 3.08. The van der Waals surface area contributed by atoms with E-state index < -0.39 is 0 Å². The van der Waals surface area contributed by atoms with Crippen LogP contribution in [-0.4, -0.2) is 33.8 Å². The molecule has 8 heteroatoms. The molecule has 1 aromatic carbocycles. The lowest BCUT2D eigenvalue weighted by atomic mass is 10.1. The molecule has 0 aliphatic heterocycles. The van der Waals surface area contributed by atoms with Crippen LogP contribution in [0.1, 0.15) is 22.9 Å². The van der Waals surface area contributed by atoms with Crippen molar-refractivity contribution < 1.29 is 14.2 Å². The van der Waals surface area contributed by atoms with Crippen LogP contribution in [0.15, 0.2) is 28.6 Å². The number of thiophene rings is 1. The molecule has 0 saturated heterocycles. The van der Waals surface area contributed by atoms with Crippen molar-refractivity contribution in [2.45, 2.75) is 26.9 Å². The zero-order valence-electron chi connectivity index (χ0n) is 16.4. The Kier molecular flexibility index (Phi) is 10.3. The molecule has 0 aliphatic rings. The zero-order chi connectivity index (χ0) is 18.9. The van der Waals surface area contributed by atoms with Gasteiger partial charge >= 0.3 is 0 Å². The van der Waals surface area contributed by atoms with Gasteiger partial charge in [-0.2, -0.15) is 0 Å². The first kappa shape index (κ1) is 23.4. The summed E-state index contributed by atoms with van der Waals surface area (Å²) in [5, 5.41) is 8.75. The number of halogens is 1. The lowest BCUT2D eigenvalue weighted by Crippen LogP contribution is -2.36. The first-order valence-corrected chi connectivity index (χ1v) is 9.34. The van der Waals surface area contributed by atoms with E-state index in [1.54, 1.807) is 32.7 Å². The molecule has 0 radical (unpaired) electrons. The van der Waals surface area contributed by atoms with Crippen molar-refractivity contribution >= 4 is 41.3 Å². The predicted octanol–water partition coefficient (Wildman–Crippen LogP) is 3.96. The van der Waals surface area contributed by atoms with Crippen LogP contribution in [0.3, 0.4) is 0 Å². The number of nitrogens with one attached hydrogen (secondary N) is 2. The van der Waals surface area contributed by atoms with Crippen LogP contribution in [0, 0.1) is 6.92 Å². The quantitative estimate of drug-likeness (QED) is 0.323. The molecule has 0 atom stereocenters. The summed E-state index contributed by atoms with van der Waals surface area (Å²) >= 11 is 1.74. The SMILES string of the molecule is CCNC(=NCc1cc(OC)c(OC)cc1OC)NCc1sccc1C.I. The van der Waals surface area contributed by atoms with Gasteiger partial charge in [0.15, 0.2) is 17.5 Å². The van der Waals surface area contributed by atoms with Gasteiger partial charge in [0.05, 0.1) is 34.4 Å². The maximum Gasteiger partial charge on any atom is 0.191 e. The summed E-state index contributed by atoms with van der Waals surface area (Å²) in [5.74, 6) is 2.77. The van der Waals surface area contributed by atoms with E-state index in [2.05, 4.69) is 34.0 Å². The molecule has 0 fully saturated rings. The van der Waals surface area contributed by atoms with Gasteiger partial charge < -0.3 is 24.8 Å². The second-order valence-corrected chi connectivity index (χ2v) is 6.60. The lowest BCUT2D eigenvalue weighted by Gasteiger charge is -2.14. The number of guanidine groups is 1. The second kappa shape index (κ2) is 11.9. The van der Waals surface area contributed by atoms with Gasteiger partial charge in [-0.15, -0.1) is 35.3 Å². The average molecular weight is 505 g/mol. The maximum absolute atomic E-state index is 5.47. The highest BCUT2D eigenvalue weighted by molar-refractivity contribution is 14.0. The summed E-state index contributed by atoms with van der Waals surface area (Å²) in [5.41, 5.74) is 2.22. The maximum atomic E-state index is 5.47. The molecular weight excluding hydrogens is 477 g/mol. The first-order valence-electron chi connectivity index (χ1n) is 8.46. The van der Waals surface area contributed by atoms with Gasteiger partial charge in [0.2, 0.25) is 0 Å². The van der Waals surface area contributed by atoms with Crippen molar-refractivity contribution in [3.8, 4) is 17.2 Å². The summed E-state index contributed by atoms with van der Waals surface area (Å²) in [6, 6.07) is 5.84. The highest BCUT2D eigenvalue weighted by Gasteiger charge is 2.12. The van der Waals surface area contributed by atoms with Crippen molar-refractivity contribution in [2.24, 2.45) is 4.99 Å². The molecule has 27 heavy (non-hydrogen) atoms. The van der Waals surface area contributed by atoms with Crippen molar-refractivity contribution in [2.75, 3.05) is 27.9 Å². The Balaban J connectivity index is 0.00000364. The second-order valence-electron chi connectivity index (χ2n) is 5.59. The van der Waals surface area contributed by atoms with E-state index in [4.69, 9.17) is 14.2 Å². The van der Waals surface area contributed by atoms with Gasteiger partial charge in [-0.3, -0.25) is 0 Å². The number of methoxy groups -OCH3 is 3. The largest absolute Gasteiger partial charge is 0.496 e. The molecule has 2 rings (SSSR count). The minimum absolute atomic E-state index is 0. The fraction of sp³-hybridized carbons (Fsp3) is 0.421. The van der Waals surface area contributed by atoms with Gasteiger partial charge in [0, 0.05) is 23.1 Å². The number of ether oxygens (including phenoxy) is 3. The van der Waals surface area contributed by atoms with Crippen molar-refractivity contribution in [3.05, 3.63) is 39.6 Å².